The molecular weight excluding hydrogens is 471 g/mol. The van der Waals surface area contributed by atoms with Gasteiger partial charge in [-0.15, -0.1) is 0 Å². The second kappa shape index (κ2) is 11.9. The summed E-state index contributed by atoms with van der Waals surface area (Å²) in [6, 6.07) is 19.6. The van der Waals surface area contributed by atoms with Crippen LogP contribution in [-0.4, -0.2) is 36.4 Å². The Balaban J connectivity index is 1.92. The molecule has 0 saturated heterocycles. The van der Waals surface area contributed by atoms with E-state index in [1.165, 1.54) is 4.90 Å². The number of ether oxygens (including phenoxy) is 1. The molecule has 0 aromatic heterocycles. The number of rotatable bonds is 9. The fourth-order valence-corrected chi connectivity index (χ4v) is 4.12. The second-order valence-electron chi connectivity index (χ2n) is 8.08. The highest BCUT2D eigenvalue weighted by Gasteiger charge is 2.31. The zero-order valence-electron chi connectivity index (χ0n) is 19.5. The molecule has 0 aliphatic heterocycles. The molecule has 3 aromatic rings. The molecule has 1 N–H and O–H groups in total. The van der Waals surface area contributed by atoms with Gasteiger partial charge in [0.05, 0.1) is 0 Å². The van der Waals surface area contributed by atoms with Crippen LogP contribution in [-0.2, 0) is 22.6 Å². The van der Waals surface area contributed by atoms with Crippen molar-refractivity contribution in [2.45, 2.75) is 32.9 Å². The molecule has 2 amide bonds. The summed E-state index contributed by atoms with van der Waals surface area (Å²) < 4.78 is 5.81. The van der Waals surface area contributed by atoms with Gasteiger partial charge in [-0.1, -0.05) is 65.7 Å². The van der Waals surface area contributed by atoms with Gasteiger partial charge in [0.1, 0.15) is 11.8 Å². The van der Waals surface area contributed by atoms with Crippen LogP contribution in [0.3, 0.4) is 0 Å². The first-order chi connectivity index (χ1) is 16.3. The van der Waals surface area contributed by atoms with Crippen LogP contribution >= 0.6 is 23.2 Å². The summed E-state index contributed by atoms with van der Waals surface area (Å²) in [6.45, 7) is 3.83. The Hall–Kier alpha value is -3.02. The summed E-state index contributed by atoms with van der Waals surface area (Å²) >= 11 is 12.8. The number of halogens is 2. The third-order valence-electron chi connectivity index (χ3n) is 5.75. The number of likely N-dealkylation sites (N-methyl/N-ethyl adjacent to an activating group) is 1. The van der Waals surface area contributed by atoms with Gasteiger partial charge in [-0.3, -0.25) is 9.59 Å². The minimum absolute atomic E-state index is 0.0680. The lowest BCUT2D eigenvalue weighted by atomic mass is 10.0. The lowest BCUT2D eigenvalue weighted by Crippen LogP contribution is -2.51. The second-order valence-corrected chi connectivity index (χ2v) is 8.89. The molecule has 0 aliphatic carbocycles. The molecule has 0 bridgehead atoms. The Morgan fingerprint density at radius 3 is 2.24 bits per heavy atom. The van der Waals surface area contributed by atoms with Crippen molar-refractivity contribution in [2.75, 3.05) is 13.7 Å². The van der Waals surface area contributed by atoms with E-state index in [4.69, 9.17) is 27.9 Å². The topological polar surface area (TPSA) is 58.6 Å². The van der Waals surface area contributed by atoms with Crippen LogP contribution in [0.4, 0.5) is 0 Å². The largest absolute Gasteiger partial charge is 0.484 e. The standard InChI is InChI=1S/C27H28Cl2N2O3/c1-18-12-13-21(14-19(18)2)34-17-26(32)31(16-22-23(28)10-7-11-24(22)29)25(27(33)30-3)15-20-8-5-4-6-9-20/h4-14,25H,15-17H2,1-3H3,(H,30,33)/t25-/m0/s1. The molecule has 0 radical (unpaired) electrons. The van der Waals surface area contributed by atoms with Gasteiger partial charge in [-0.25, -0.2) is 0 Å². The first-order valence-corrected chi connectivity index (χ1v) is 11.7. The SMILES string of the molecule is CNC(=O)[C@H](Cc1ccccc1)N(Cc1c(Cl)cccc1Cl)C(=O)COc1ccc(C)c(C)c1. The summed E-state index contributed by atoms with van der Waals surface area (Å²) in [7, 11) is 1.55. The lowest BCUT2D eigenvalue weighted by Gasteiger charge is -2.31. The third kappa shape index (κ3) is 6.52. The van der Waals surface area contributed by atoms with Crippen LogP contribution < -0.4 is 10.1 Å². The maximum absolute atomic E-state index is 13.5. The van der Waals surface area contributed by atoms with Crippen molar-refractivity contribution in [2.24, 2.45) is 0 Å². The van der Waals surface area contributed by atoms with Crippen LogP contribution in [0.5, 0.6) is 5.75 Å². The molecule has 34 heavy (non-hydrogen) atoms. The van der Waals surface area contributed by atoms with Gasteiger partial charge < -0.3 is 15.0 Å². The molecule has 178 valence electrons. The zero-order valence-corrected chi connectivity index (χ0v) is 21.0. The first-order valence-electron chi connectivity index (χ1n) is 11.0. The number of carbonyl (C=O) groups is 2. The predicted molar refractivity (Wildman–Crippen MR) is 136 cm³/mol. The van der Waals surface area contributed by atoms with Crippen molar-refractivity contribution < 1.29 is 14.3 Å². The molecule has 1 atom stereocenters. The van der Waals surface area contributed by atoms with Gasteiger partial charge in [0, 0.05) is 35.6 Å². The maximum atomic E-state index is 13.5. The zero-order chi connectivity index (χ0) is 24.7. The fourth-order valence-electron chi connectivity index (χ4n) is 3.61. The lowest BCUT2D eigenvalue weighted by molar-refractivity contribution is -0.142. The number of hydrogen-bond donors (Lipinski definition) is 1. The van der Waals surface area contributed by atoms with Gasteiger partial charge in [-0.05, 0) is 54.8 Å². The predicted octanol–water partition coefficient (Wildman–Crippen LogP) is 5.38. The monoisotopic (exact) mass is 498 g/mol. The third-order valence-corrected chi connectivity index (χ3v) is 6.46. The van der Waals surface area contributed by atoms with Crippen molar-refractivity contribution in [3.05, 3.63) is 99.0 Å². The smallest absolute Gasteiger partial charge is 0.261 e. The summed E-state index contributed by atoms with van der Waals surface area (Å²) in [4.78, 5) is 27.9. The number of hydrogen-bond acceptors (Lipinski definition) is 3. The van der Waals surface area contributed by atoms with Crippen molar-refractivity contribution in [1.82, 2.24) is 10.2 Å². The normalized spacial score (nSPS) is 11.6. The first kappa shape index (κ1) is 25.6. The van der Waals surface area contributed by atoms with Gasteiger partial charge >= 0.3 is 0 Å². The van der Waals surface area contributed by atoms with E-state index in [-0.39, 0.29) is 25.0 Å². The minimum atomic E-state index is -0.782. The van der Waals surface area contributed by atoms with E-state index in [1.807, 2.05) is 62.4 Å². The number of amides is 2. The number of benzene rings is 3. The Bertz CT molecular complexity index is 1130. The molecule has 7 heteroatoms. The maximum Gasteiger partial charge on any atom is 0.261 e. The van der Waals surface area contributed by atoms with Crippen LogP contribution in [0.2, 0.25) is 10.0 Å². The van der Waals surface area contributed by atoms with E-state index < -0.39 is 6.04 Å². The molecule has 0 fully saturated rings. The van der Waals surface area contributed by atoms with Gasteiger partial charge in [0.25, 0.3) is 5.91 Å². The Labute approximate surface area is 210 Å². The molecule has 0 spiro atoms. The van der Waals surface area contributed by atoms with Crippen molar-refractivity contribution in [3.63, 3.8) is 0 Å². The Morgan fingerprint density at radius 1 is 0.941 bits per heavy atom. The van der Waals surface area contributed by atoms with Gasteiger partial charge in [0.15, 0.2) is 6.61 Å². The molecule has 3 rings (SSSR count). The molecule has 0 heterocycles. The van der Waals surface area contributed by atoms with Crippen LogP contribution in [0.25, 0.3) is 0 Å². The van der Waals surface area contributed by atoms with E-state index in [0.29, 0.717) is 27.8 Å². The molecule has 0 unspecified atom stereocenters. The van der Waals surface area contributed by atoms with Crippen molar-refractivity contribution >= 4 is 35.0 Å². The summed E-state index contributed by atoms with van der Waals surface area (Å²) in [5.74, 6) is -0.0444. The van der Waals surface area contributed by atoms with Crippen LogP contribution in [0, 0.1) is 13.8 Å². The highest BCUT2D eigenvalue weighted by Crippen LogP contribution is 2.27. The van der Waals surface area contributed by atoms with Crippen molar-refractivity contribution in [3.8, 4) is 5.75 Å². The number of nitrogens with one attached hydrogen (secondary N) is 1. The quantitative estimate of drug-likeness (QED) is 0.431. The van der Waals surface area contributed by atoms with E-state index in [2.05, 4.69) is 5.32 Å². The van der Waals surface area contributed by atoms with E-state index in [1.54, 1.807) is 25.2 Å². The summed E-state index contributed by atoms with van der Waals surface area (Å²) in [5.41, 5.74) is 3.70. The Morgan fingerprint density at radius 2 is 1.62 bits per heavy atom. The van der Waals surface area contributed by atoms with Crippen LogP contribution in [0.15, 0.2) is 66.7 Å². The molecular formula is C27H28Cl2N2O3. The molecule has 5 nitrogen and oxygen atoms in total. The van der Waals surface area contributed by atoms with Gasteiger partial charge in [-0.2, -0.15) is 0 Å². The van der Waals surface area contributed by atoms with Gasteiger partial charge in [0.2, 0.25) is 5.91 Å². The average molecular weight is 499 g/mol. The fraction of sp³-hybridized carbons (Fsp3) is 0.259. The Kier molecular flexibility index (Phi) is 8.97. The summed E-state index contributed by atoms with van der Waals surface area (Å²) in [5, 5.41) is 3.54. The molecule has 0 saturated carbocycles. The number of nitrogens with zero attached hydrogens (tertiary/aromatic N) is 1. The van der Waals surface area contributed by atoms with E-state index >= 15 is 0 Å². The molecule has 3 aromatic carbocycles. The van der Waals surface area contributed by atoms with E-state index in [9.17, 15) is 9.59 Å². The van der Waals surface area contributed by atoms with Crippen LogP contribution in [0.1, 0.15) is 22.3 Å². The summed E-state index contributed by atoms with van der Waals surface area (Å²) in [6.07, 6.45) is 0.331. The van der Waals surface area contributed by atoms with E-state index in [0.717, 1.165) is 16.7 Å². The number of carbonyl (C=O) groups excluding carboxylic acids is 2. The van der Waals surface area contributed by atoms with Crippen molar-refractivity contribution in [1.29, 1.82) is 0 Å². The minimum Gasteiger partial charge on any atom is -0.484 e. The average Bonchev–Trinajstić information content (AvgIpc) is 2.83. The highest BCUT2D eigenvalue weighted by molar-refractivity contribution is 6.36. The number of aryl methyl sites for hydroxylation is 2. The molecule has 0 aliphatic rings. The highest BCUT2D eigenvalue weighted by atomic mass is 35.5.